The molecule has 4 heteroatoms. The molecule has 0 spiro atoms. The Morgan fingerprint density at radius 1 is 1.64 bits per heavy atom. The Morgan fingerprint density at radius 2 is 2.43 bits per heavy atom. The van der Waals surface area contributed by atoms with E-state index in [-0.39, 0.29) is 6.42 Å². The Morgan fingerprint density at radius 3 is 2.93 bits per heavy atom. The summed E-state index contributed by atoms with van der Waals surface area (Å²) < 4.78 is 5.29. The van der Waals surface area contributed by atoms with E-state index in [1.807, 2.05) is 0 Å². The minimum absolute atomic E-state index is 0.238. The largest absolute Gasteiger partial charge is 0.481 e. The van der Waals surface area contributed by atoms with Gasteiger partial charge in [-0.05, 0) is 18.9 Å². The fourth-order valence-electron chi connectivity index (χ4n) is 1.72. The number of hydrogen-bond donors (Lipinski definition) is 1. The molecule has 0 aliphatic carbocycles. The lowest BCUT2D eigenvalue weighted by Gasteiger charge is -2.22. The van der Waals surface area contributed by atoms with E-state index in [0.29, 0.717) is 12.5 Å². The molecular weight excluding hydrogens is 182 g/mol. The van der Waals surface area contributed by atoms with Crippen molar-refractivity contribution in [1.82, 2.24) is 4.90 Å². The molecule has 0 aromatic rings. The van der Waals surface area contributed by atoms with Gasteiger partial charge in [0.1, 0.15) is 0 Å². The lowest BCUT2D eigenvalue weighted by atomic mass is 10.1. The van der Waals surface area contributed by atoms with E-state index < -0.39 is 5.97 Å². The molecule has 0 aromatic heterocycles. The molecule has 0 saturated carbocycles. The van der Waals surface area contributed by atoms with Crippen molar-refractivity contribution in [3.63, 3.8) is 0 Å². The number of carboxylic acids is 1. The fourth-order valence-corrected chi connectivity index (χ4v) is 1.72. The maximum Gasteiger partial charge on any atom is 0.304 e. The second-order valence-corrected chi connectivity index (χ2v) is 3.77. The molecule has 0 amide bonds. The molecule has 1 aliphatic heterocycles. The van der Waals surface area contributed by atoms with E-state index in [9.17, 15) is 4.79 Å². The van der Waals surface area contributed by atoms with Gasteiger partial charge in [0.15, 0.2) is 0 Å². The van der Waals surface area contributed by atoms with Gasteiger partial charge in [-0.25, -0.2) is 0 Å². The number of hydrogen-bond acceptors (Lipinski definition) is 3. The van der Waals surface area contributed by atoms with Gasteiger partial charge in [0.05, 0.1) is 13.0 Å². The van der Waals surface area contributed by atoms with Crippen molar-refractivity contribution in [2.45, 2.75) is 19.8 Å². The number of rotatable bonds is 6. The second kappa shape index (κ2) is 5.98. The fraction of sp³-hybridized carbons (Fsp3) is 0.900. The Balaban J connectivity index is 2.19. The van der Waals surface area contributed by atoms with Crippen LogP contribution in [0.1, 0.15) is 19.8 Å². The second-order valence-electron chi connectivity index (χ2n) is 3.77. The van der Waals surface area contributed by atoms with Crippen LogP contribution in [0.2, 0.25) is 0 Å². The zero-order valence-corrected chi connectivity index (χ0v) is 8.74. The average molecular weight is 201 g/mol. The summed E-state index contributed by atoms with van der Waals surface area (Å²) in [6.45, 7) is 6.32. The molecule has 14 heavy (non-hydrogen) atoms. The zero-order chi connectivity index (χ0) is 10.4. The SMILES string of the molecule is CCN(CCC(=O)O)CC1CCOC1. The third-order valence-corrected chi connectivity index (χ3v) is 2.63. The Bertz CT molecular complexity index is 178. The van der Waals surface area contributed by atoms with Crippen molar-refractivity contribution in [1.29, 1.82) is 0 Å². The number of aliphatic carboxylic acids is 1. The summed E-state index contributed by atoms with van der Waals surface area (Å²) in [6.07, 6.45) is 1.35. The molecule has 1 saturated heterocycles. The van der Waals surface area contributed by atoms with Gasteiger partial charge in [-0.15, -0.1) is 0 Å². The first-order valence-electron chi connectivity index (χ1n) is 5.24. The van der Waals surface area contributed by atoms with Crippen LogP contribution in [0.4, 0.5) is 0 Å². The van der Waals surface area contributed by atoms with E-state index in [2.05, 4.69) is 11.8 Å². The van der Waals surface area contributed by atoms with Crippen LogP contribution in [-0.2, 0) is 9.53 Å². The maximum atomic E-state index is 10.4. The average Bonchev–Trinajstić information content (AvgIpc) is 2.64. The van der Waals surface area contributed by atoms with Crippen LogP contribution in [0.15, 0.2) is 0 Å². The molecule has 1 unspecified atom stereocenters. The predicted molar refractivity (Wildman–Crippen MR) is 53.3 cm³/mol. The van der Waals surface area contributed by atoms with E-state index in [4.69, 9.17) is 9.84 Å². The molecule has 0 aromatic carbocycles. The van der Waals surface area contributed by atoms with Crippen molar-refractivity contribution in [2.75, 3.05) is 32.8 Å². The van der Waals surface area contributed by atoms with Crippen LogP contribution >= 0.6 is 0 Å². The predicted octanol–water partition coefficient (Wildman–Crippen LogP) is 0.819. The van der Waals surface area contributed by atoms with Crippen molar-refractivity contribution >= 4 is 5.97 Å². The van der Waals surface area contributed by atoms with Crippen molar-refractivity contribution in [3.8, 4) is 0 Å². The molecule has 1 fully saturated rings. The zero-order valence-electron chi connectivity index (χ0n) is 8.74. The van der Waals surface area contributed by atoms with E-state index >= 15 is 0 Å². The molecule has 0 bridgehead atoms. The van der Waals surface area contributed by atoms with E-state index in [1.165, 1.54) is 0 Å². The Labute approximate surface area is 84.8 Å². The minimum atomic E-state index is -0.717. The summed E-state index contributed by atoms with van der Waals surface area (Å²) in [5.41, 5.74) is 0. The highest BCUT2D eigenvalue weighted by Crippen LogP contribution is 2.13. The highest BCUT2D eigenvalue weighted by atomic mass is 16.5. The van der Waals surface area contributed by atoms with Gasteiger partial charge in [-0.1, -0.05) is 6.92 Å². The molecule has 1 rings (SSSR count). The summed E-state index contributed by atoms with van der Waals surface area (Å²) in [4.78, 5) is 12.6. The lowest BCUT2D eigenvalue weighted by Crippen LogP contribution is -2.31. The van der Waals surface area contributed by atoms with Crippen molar-refractivity contribution < 1.29 is 14.6 Å². The van der Waals surface area contributed by atoms with Crippen molar-refractivity contribution in [3.05, 3.63) is 0 Å². The molecule has 0 radical (unpaired) electrons. The van der Waals surface area contributed by atoms with Crippen LogP contribution in [0.3, 0.4) is 0 Å². The van der Waals surface area contributed by atoms with Gasteiger partial charge in [0.2, 0.25) is 0 Å². The van der Waals surface area contributed by atoms with Gasteiger partial charge in [-0.3, -0.25) is 4.79 Å². The molecule has 1 aliphatic rings. The quantitative estimate of drug-likeness (QED) is 0.691. The number of nitrogens with zero attached hydrogens (tertiary/aromatic N) is 1. The molecule has 1 heterocycles. The first kappa shape index (κ1) is 11.5. The van der Waals surface area contributed by atoms with E-state index in [1.54, 1.807) is 0 Å². The third kappa shape index (κ3) is 4.07. The number of ether oxygens (including phenoxy) is 1. The monoisotopic (exact) mass is 201 g/mol. The van der Waals surface area contributed by atoms with Gasteiger partial charge in [-0.2, -0.15) is 0 Å². The summed E-state index contributed by atoms with van der Waals surface area (Å²) >= 11 is 0. The highest BCUT2D eigenvalue weighted by Gasteiger charge is 2.18. The topological polar surface area (TPSA) is 49.8 Å². The first-order chi connectivity index (χ1) is 6.72. The molecule has 82 valence electrons. The normalized spacial score (nSPS) is 21.7. The number of carboxylic acid groups (broad SMARTS) is 1. The van der Waals surface area contributed by atoms with Gasteiger partial charge >= 0.3 is 5.97 Å². The lowest BCUT2D eigenvalue weighted by molar-refractivity contribution is -0.137. The molecule has 4 nitrogen and oxygen atoms in total. The smallest absolute Gasteiger partial charge is 0.304 e. The summed E-state index contributed by atoms with van der Waals surface area (Å²) in [5, 5.41) is 8.57. The first-order valence-corrected chi connectivity index (χ1v) is 5.24. The highest BCUT2D eigenvalue weighted by molar-refractivity contribution is 5.66. The van der Waals surface area contributed by atoms with Crippen LogP contribution < -0.4 is 0 Å². The summed E-state index contributed by atoms with van der Waals surface area (Å²) in [5.74, 6) is -0.116. The number of carbonyl (C=O) groups is 1. The van der Waals surface area contributed by atoms with Gasteiger partial charge < -0.3 is 14.7 Å². The molecular formula is C10H19NO3. The van der Waals surface area contributed by atoms with Crippen LogP contribution in [0.5, 0.6) is 0 Å². The van der Waals surface area contributed by atoms with Crippen LogP contribution in [0.25, 0.3) is 0 Å². The third-order valence-electron chi connectivity index (χ3n) is 2.63. The standard InChI is InChI=1S/C10H19NO3/c1-2-11(5-3-10(12)13)7-9-4-6-14-8-9/h9H,2-8H2,1H3,(H,12,13). The minimum Gasteiger partial charge on any atom is -0.481 e. The Kier molecular flexibility index (Phi) is 4.90. The summed E-state index contributed by atoms with van der Waals surface area (Å²) in [7, 11) is 0. The molecule has 1 N–H and O–H groups in total. The van der Waals surface area contributed by atoms with E-state index in [0.717, 1.165) is 32.7 Å². The molecule has 1 atom stereocenters. The maximum absolute atomic E-state index is 10.4. The van der Waals surface area contributed by atoms with Crippen molar-refractivity contribution in [2.24, 2.45) is 5.92 Å². The summed E-state index contributed by atoms with van der Waals surface area (Å²) in [6, 6.07) is 0. The van der Waals surface area contributed by atoms with Gasteiger partial charge in [0.25, 0.3) is 0 Å². The van der Waals surface area contributed by atoms with Gasteiger partial charge in [0, 0.05) is 19.7 Å². The Hall–Kier alpha value is -0.610. The van der Waals surface area contributed by atoms with Crippen LogP contribution in [-0.4, -0.2) is 48.8 Å². The van der Waals surface area contributed by atoms with Crippen LogP contribution in [0, 0.1) is 5.92 Å².